The number of carbonyl (C=O) groups excluding carboxylic acids is 1. The van der Waals surface area contributed by atoms with Gasteiger partial charge in [0, 0.05) is 12.6 Å². The number of nitrogens with one attached hydrogen (secondary N) is 1. The van der Waals surface area contributed by atoms with Crippen LogP contribution in [0.2, 0.25) is 0 Å². The van der Waals surface area contributed by atoms with Crippen molar-refractivity contribution in [2.75, 3.05) is 6.54 Å². The van der Waals surface area contributed by atoms with Crippen molar-refractivity contribution in [3.63, 3.8) is 0 Å². The van der Waals surface area contributed by atoms with Gasteiger partial charge in [0.1, 0.15) is 5.75 Å². The van der Waals surface area contributed by atoms with Crippen LogP contribution in [0.4, 0.5) is 8.78 Å². The van der Waals surface area contributed by atoms with Crippen LogP contribution >= 0.6 is 0 Å². The molecule has 1 rings (SSSR count). The van der Waals surface area contributed by atoms with Crippen molar-refractivity contribution >= 4 is 11.9 Å². The molecule has 0 saturated carbocycles. The number of carboxylic acids is 1. The van der Waals surface area contributed by atoms with Gasteiger partial charge in [-0.3, -0.25) is 9.59 Å². The maximum Gasteiger partial charge on any atom is 0.308 e. The number of carbonyl (C=O) groups is 2. The molecule has 0 aromatic heterocycles. The van der Waals surface area contributed by atoms with Crippen LogP contribution in [0, 0.1) is 23.5 Å². The zero-order chi connectivity index (χ0) is 17.6. The van der Waals surface area contributed by atoms with Crippen LogP contribution in [0.1, 0.15) is 27.2 Å². The number of carboxylic acid groups (broad SMARTS) is 1. The molecule has 2 unspecified atom stereocenters. The molecule has 128 valence electrons. The van der Waals surface area contributed by atoms with Crippen molar-refractivity contribution in [3.05, 3.63) is 29.8 Å². The van der Waals surface area contributed by atoms with Gasteiger partial charge in [-0.05, 0) is 31.4 Å². The van der Waals surface area contributed by atoms with Crippen molar-refractivity contribution in [3.8, 4) is 5.75 Å². The van der Waals surface area contributed by atoms with Crippen molar-refractivity contribution in [1.82, 2.24) is 5.32 Å². The molecule has 0 aliphatic rings. The summed E-state index contributed by atoms with van der Waals surface area (Å²) in [6.07, 6.45) is -0.526. The lowest BCUT2D eigenvalue weighted by Crippen LogP contribution is -2.40. The SMILES string of the molecule is CC(C)CC(CNC(=O)C(C)Oc1ccc(F)c(F)c1)C(=O)O. The van der Waals surface area contributed by atoms with Crippen LogP contribution in [0.5, 0.6) is 5.75 Å². The van der Waals surface area contributed by atoms with Gasteiger partial charge in [0.2, 0.25) is 0 Å². The van der Waals surface area contributed by atoms with E-state index in [2.05, 4.69) is 5.32 Å². The summed E-state index contributed by atoms with van der Waals surface area (Å²) in [6.45, 7) is 5.21. The van der Waals surface area contributed by atoms with Crippen LogP contribution in [0.25, 0.3) is 0 Å². The second-order valence-corrected chi connectivity index (χ2v) is 5.75. The van der Waals surface area contributed by atoms with Crippen molar-refractivity contribution in [2.45, 2.75) is 33.3 Å². The van der Waals surface area contributed by atoms with E-state index in [0.29, 0.717) is 6.42 Å². The number of benzene rings is 1. The third-order valence-corrected chi connectivity index (χ3v) is 3.20. The lowest BCUT2D eigenvalue weighted by atomic mass is 9.97. The molecule has 0 aliphatic heterocycles. The fraction of sp³-hybridized carbons (Fsp3) is 0.500. The van der Waals surface area contributed by atoms with E-state index in [1.165, 1.54) is 13.0 Å². The lowest BCUT2D eigenvalue weighted by Gasteiger charge is -2.18. The van der Waals surface area contributed by atoms with Crippen LogP contribution < -0.4 is 10.1 Å². The van der Waals surface area contributed by atoms with Gasteiger partial charge in [-0.15, -0.1) is 0 Å². The van der Waals surface area contributed by atoms with E-state index in [1.807, 2.05) is 13.8 Å². The van der Waals surface area contributed by atoms with Crippen molar-refractivity contribution in [2.24, 2.45) is 11.8 Å². The van der Waals surface area contributed by atoms with Crippen molar-refractivity contribution in [1.29, 1.82) is 0 Å². The summed E-state index contributed by atoms with van der Waals surface area (Å²) in [5.74, 6) is -4.06. The molecule has 7 heteroatoms. The summed E-state index contributed by atoms with van der Waals surface area (Å²) < 4.78 is 31.1. The molecule has 0 fully saturated rings. The second-order valence-electron chi connectivity index (χ2n) is 5.75. The maximum absolute atomic E-state index is 13.1. The monoisotopic (exact) mass is 329 g/mol. The predicted octanol–water partition coefficient (Wildman–Crippen LogP) is 2.60. The third kappa shape index (κ3) is 6.22. The first-order valence-electron chi connectivity index (χ1n) is 7.33. The van der Waals surface area contributed by atoms with E-state index in [9.17, 15) is 18.4 Å². The highest BCUT2D eigenvalue weighted by Gasteiger charge is 2.22. The smallest absolute Gasteiger partial charge is 0.308 e. The Hall–Kier alpha value is -2.18. The number of hydrogen-bond acceptors (Lipinski definition) is 3. The first-order chi connectivity index (χ1) is 10.7. The van der Waals surface area contributed by atoms with Gasteiger partial charge in [-0.25, -0.2) is 8.78 Å². The zero-order valence-electron chi connectivity index (χ0n) is 13.3. The molecule has 0 bridgehead atoms. The number of ether oxygens (including phenoxy) is 1. The van der Waals surface area contributed by atoms with Crippen molar-refractivity contribution < 1.29 is 28.2 Å². The highest BCUT2D eigenvalue weighted by atomic mass is 19.2. The Labute approximate surface area is 133 Å². The molecule has 2 atom stereocenters. The predicted molar refractivity (Wildman–Crippen MR) is 80.0 cm³/mol. The molecule has 0 aliphatic carbocycles. The van der Waals surface area contributed by atoms with Crippen LogP contribution in [-0.2, 0) is 9.59 Å². The largest absolute Gasteiger partial charge is 0.481 e. The molecule has 0 spiro atoms. The quantitative estimate of drug-likeness (QED) is 0.769. The van der Waals surface area contributed by atoms with Gasteiger partial charge in [-0.1, -0.05) is 13.8 Å². The second kappa shape index (κ2) is 8.45. The molecule has 0 heterocycles. The molecule has 0 radical (unpaired) electrons. The molecular formula is C16H21F2NO4. The Balaban J connectivity index is 2.55. The van der Waals surface area contributed by atoms with Gasteiger partial charge in [0.25, 0.3) is 5.91 Å². The number of halogens is 2. The first-order valence-corrected chi connectivity index (χ1v) is 7.33. The molecule has 23 heavy (non-hydrogen) atoms. The average molecular weight is 329 g/mol. The van der Waals surface area contributed by atoms with E-state index in [0.717, 1.165) is 12.1 Å². The summed E-state index contributed by atoms with van der Waals surface area (Å²) in [7, 11) is 0. The Morgan fingerprint density at radius 1 is 1.22 bits per heavy atom. The summed E-state index contributed by atoms with van der Waals surface area (Å²) in [5.41, 5.74) is 0. The van der Waals surface area contributed by atoms with E-state index in [-0.39, 0.29) is 18.2 Å². The summed E-state index contributed by atoms with van der Waals surface area (Å²) >= 11 is 0. The van der Waals surface area contributed by atoms with E-state index in [4.69, 9.17) is 9.84 Å². The van der Waals surface area contributed by atoms with Gasteiger partial charge in [-0.2, -0.15) is 0 Å². The molecule has 1 amide bonds. The minimum absolute atomic E-state index is 0.0160. The highest BCUT2D eigenvalue weighted by molar-refractivity contribution is 5.81. The fourth-order valence-electron chi connectivity index (χ4n) is 2.02. The minimum atomic E-state index is -1.07. The Morgan fingerprint density at radius 2 is 1.87 bits per heavy atom. The normalized spacial score (nSPS) is 13.5. The maximum atomic E-state index is 13.1. The zero-order valence-corrected chi connectivity index (χ0v) is 13.3. The molecule has 1 aromatic rings. The molecule has 1 aromatic carbocycles. The van der Waals surface area contributed by atoms with E-state index in [1.54, 1.807) is 0 Å². The summed E-state index contributed by atoms with van der Waals surface area (Å²) in [4.78, 5) is 23.0. The lowest BCUT2D eigenvalue weighted by molar-refractivity contribution is -0.142. The van der Waals surface area contributed by atoms with E-state index < -0.39 is 35.5 Å². The van der Waals surface area contributed by atoms with Gasteiger partial charge in [0.05, 0.1) is 5.92 Å². The Morgan fingerprint density at radius 3 is 2.39 bits per heavy atom. The molecule has 5 nitrogen and oxygen atoms in total. The van der Waals surface area contributed by atoms with Gasteiger partial charge < -0.3 is 15.2 Å². The highest BCUT2D eigenvalue weighted by Crippen LogP contribution is 2.17. The molecule has 0 saturated heterocycles. The van der Waals surface area contributed by atoms with Gasteiger partial charge in [0.15, 0.2) is 17.7 Å². The number of aliphatic carboxylic acids is 1. The Bertz CT molecular complexity index is 563. The van der Waals surface area contributed by atoms with Crippen LogP contribution in [-0.4, -0.2) is 29.6 Å². The third-order valence-electron chi connectivity index (χ3n) is 3.20. The minimum Gasteiger partial charge on any atom is -0.481 e. The molecule has 2 N–H and O–H groups in total. The number of hydrogen-bond donors (Lipinski definition) is 2. The molecular weight excluding hydrogens is 308 g/mol. The fourth-order valence-corrected chi connectivity index (χ4v) is 2.02. The Kier molecular flexibility index (Phi) is 6.93. The first kappa shape index (κ1) is 18.9. The number of amides is 1. The van der Waals surface area contributed by atoms with Gasteiger partial charge >= 0.3 is 5.97 Å². The average Bonchev–Trinajstić information content (AvgIpc) is 2.46. The van der Waals surface area contributed by atoms with Crippen LogP contribution in [0.15, 0.2) is 18.2 Å². The summed E-state index contributed by atoms with van der Waals surface area (Å²) in [6, 6.07) is 2.96. The van der Waals surface area contributed by atoms with E-state index >= 15 is 0 Å². The van der Waals surface area contributed by atoms with Crippen LogP contribution in [0.3, 0.4) is 0 Å². The number of rotatable bonds is 8. The summed E-state index contributed by atoms with van der Waals surface area (Å²) in [5, 5.41) is 11.6. The standard InChI is InChI=1S/C16H21F2NO4/c1-9(2)6-11(16(21)22)8-19-15(20)10(3)23-12-4-5-13(17)14(18)7-12/h4-5,7,9-11H,6,8H2,1-3H3,(H,19,20)(H,21,22). The topological polar surface area (TPSA) is 75.6 Å².